The summed E-state index contributed by atoms with van der Waals surface area (Å²) in [4.78, 5) is 10.0. The third kappa shape index (κ3) is 5.46. The minimum Gasteiger partial charge on any atom is -0.388 e. The van der Waals surface area contributed by atoms with E-state index in [0.29, 0.717) is 0 Å². The van der Waals surface area contributed by atoms with Crippen LogP contribution >= 0.6 is 0 Å². The molecule has 0 unspecified atom stereocenters. The van der Waals surface area contributed by atoms with Crippen molar-refractivity contribution >= 4 is 16.7 Å². The molecule has 4 atom stereocenters. The summed E-state index contributed by atoms with van der Waals surface area (Å²) in [6.45, 7) is -1.04. The van der Waals surface area contributed by atoms with Gasteiger partial charge in [0, 0.05) is 0 Å². The highest BCUT2D eigenvalue weighted by molar-refractivity contribution is 7.80. The van der Waals surface area contributed by atoms with E-state index in [1.54, 1.807) is 0 Å². The summed E-state index contributed by atoms with van der Waals surface area (Å²) in [5.41, 5.74) is 0. The standard InChI is InChI=1S/C6H12O9S/c7-1-3(8)5(10)6(11)4(9)2-15-16(12,13)14/h1,3-6,8-11H,2H2,(H,12,13,14)/t3-,4-,5+,6+/m1/s1. The van der Waals surface area contributed by atoms with Crippen LogP contribution in [0.2, 0.25) is 0 Å². The Bertz CT molecular complexity index is 312. The molecule has 0 rings (SSSR count). The zero-order chi connectivity index (χ0) is 12.9. The Hall–Kier alpha value is -0.620. The SMILES string of the molecule is O=C[C@@H](O)[C@H](O)[C@@H](O)[C@H](O)COS(=O)(=O)O. The van der Waals surface area contributed by atoms with Gasteiger partial charge in [0.25, 0.3) is 0 Å². The molecule has 9 nitrogen and oxygen atoms in total. The molecular weight excluding hydrogens is 248 g/mol. The maximum absolute atomic E-state index is 10.1. The van der Waals surface area contributed by atoms with E-state index in [9.17, 15) is 13.2 Å². The quantitative estimate of drug-likeness (QED) is 0.230. The van der Waals surface area contributed by atoms with Crippen LogP contribution in [0.15, 0.2) is 0 Å². The zero-order valence-electron chi connectivity index (χ0n) is 7.87. The number of carbonyl (C=O) groups excluding carboxylic acids is 1. The molecule has 0 aromatic carbocycles. The normalized spacial score (nSPS) is 19.8. The largest absolute Gasteiger partial charge is 0.397 e. The molecular formula is C6H12O9S. The molecule has 5 N–H and O–H groups in total. The molecule has 0 saturated carbocycles. The van der Waals surface area contributed by atoms with Crippen molar-refractivity contribution in [3.63, 3.8) is 0 Å². The van der Waals surface area contributed by atoms with Crippen LogP contribution in [0, 0.1) is 0 Å². The van der Waals surface area contributed by atoms with Crippen molar-refractivity contribution in [1.82, 2.24) is 0 Å². The van der Waals surface area contributed by atoms with Crippen molar-refractivity contribution in [3.05, 3.63) is 0 Å². The molecule has 96 valence electrons. The van der Waals surface area contributed by atoms with Crippen LogP contribution in [0.3, 0.4) is 0 Å². The Morgan fingerprint density at radius 1 is 1.12 bits per heavy atom. The van der Waals surface area contributed by atoms with Crippen molar-refractivity contribution in [2.45, 2.75) is 24.4 Å². The first-order valence-electron chi connectivity index (χ1n) is 3.98. The van der Waals surface area contributed by atoms with E-state index < -0.39 is 41.4 Å². The Morgan fingerprint density at radius 3 is 2.00 bits per heavy atom. The molecule has 16 heavy (non-hydrogen) atoms. The Morgan fingerprint density at radius 2 is 1.62 bits per heavy atom. The lowest BCUT2D eigenvalue weighted by Gasteiger charge is -2.23. The summed E-state index contributed by atoms with van der Waals surface area (Å²) in [5, 5.41) is 36.0. The van der Waals surface area contributed by atoms with Gasteiger partial charge in [-0.05, 0) is 0 Å². The third-order valence-electron chi connectivity index (χ3n) is 1.62. The number of aliphatic hydroxyl groups is 4. The molecule has 0 aliphatic heterocycles. The monoisotopic (exact) mass is 260 g/mol. The smallest absolute Gasteiger partial charge is 0.388 e. The van der Waals surface area contributed by atoms with Crippen LogP contribution < -0.4 is 0 Å². The van der Waals surface area contributed by atoms with Crippen molar-refractivity contribution in [2.75, 3.05) is 6.61 Å². The summed E-state index contributed by atoms with van der Waals surface area (Å²) in [5.74, 6) is 0. The van der Waals surface area contributed by atoms with Gasteiger partial charge in [-0.3, -0.25) is 4.55 Å². The number of aldehydes is 1. The number of carbonyl (C=O) groups is 1. The van der Waals surface area contributed by atoms with Gasteiger partial charge in [0.05, 0.1) is 6.61 Å². The lowest BCUT2D eigenvalue weighted by Crippen LogP contribution is -2.46. The van der Waals surface area contributed by atoms with Gasteiger partial charge in [-0.25, -0.2) is 4.18 Å². The average Bonchev–Trinajstić information content (AvgIpc) is 2.21. The molecule has 0 bridgehead atoms. The molecule has 0 heterocycles. The lowest BCUT2D eigenvalue weighted by atomic mass is 10.0. The van der Waals surface area contributed by atoms with Gasteiger partial charge in [-0.15, -0.1) is 0 Å². The highest BCUT2D eigenvalue weighted by Gasteiger charge is 2.31. The van der Waals surface area contributed by atoms with E-state index in [1.807, 2.05) is 0 Å². The fourth-order valence-corrected chi connectivity index (χ4v) is 1.08. The van der Waals surface area contributed by atoms with Crippen molar-refractivity contribution in [1.29, 1.82) is 0 Å². The van der Waals surface area contributed by atoms with E-state index in [4.69, 9.17) is 25.0 Å². The number of hydrogen-bond donors (Lipinski definition) is 5. The molecule has 0 aromatic rings. The predicted molar refractivity (Wildman–Crippen MR) is 47.6 cm³/mol. The second kappa shape index (κ2) is 6.20. The lowest BCUT2D eigenvalue weighted by molar-refractivity contribution is -0.135. The summed E-state index contributed by atoms with van der Waals surface area (Å²) in [6, 6.07) is 0. The van der Waals surface area contributed by atoms with Crippen LogP contribution in [0.5, 0.6) is 0 Å². The Balaban J connectivity index is 4.27. The van der Waals surface area contributed by atoms with Crippen LogP contribution in [0.25, 0.3) is 0 Å². The van der Waals surface area contributed by atoms with E-state index in [-0.39, 0.29) is 6.29 Å². The summed E-state index contributed by atoms with van der Waals surface area (Å²) < 4.78 is 32.0. The van der Waals surface area contributed by atoms with E-state index >= 15 is 0 Å². The maximum atomic E-state index is 10.1. The van der Waals surface area contributed by atoms with Crippen LogP contribution in [-0.2, 0) is 19.4 Å². The van der Waals surface area contributed by atoms with Crippen LogP contribution in [0.1, 0.15) is 0 Å². The van der Waals surface area contributed by atoms with Gasteiger partial charge in [0.1, 0.15) is 24.4 Å². The minimum absolute atomic E-state index is 0.0791. The van der Waals surface area contributed by atoms with Crippen molar-refractivity contribution < 1.29 is 42.4 Å². The molecule has 0 aliphatic carbocycles. The molecule has 0 saturated heterocycles. The third-order valence-corrected chi connectivity index (χ3v) is 2.06. The fourth-order valence-electron chi connectivity index (χ4n) is 0.764. The topological polar surface area (TPSA) is 162 Å². The Kier molecular flexibility index (Phi) is 5.96. The summed E-state index contributed by atoms with van der Waals surface area (Å²) in [6.07, 6.45) is -7.94. The van der Waals surface area contributed by atoms with Gasteiger partial charge >= 0.3 is 10.4 Å². The second-order valence-corrected chi connectivity index (χ2v) is 3.98. The zero-order valence-corrected chi connectivity index (χ0v) is 8.69. The molecule has 0 aliphatic rings. The first kappa shape index (κ1) is 15.4. The van der Waals surface area contributed by atoms with Gasteiger partial charge in [-0.2, -0.15) is 8.42 Å². The van der Waals surface area contributed by atoms with E-state index in [0.717, 1.165) is 0 Å². The summed E-state index contributed by atoms with van der Waals surface area (Å²) in [7, 11) is -4.79. The van der Waals surface area contributed by atoms with Gasteiger partial charge in [0.2, 0.25) is 0 Å². The second-order valence-electron chi connectivity index (χ2n) is 2.89. The summed E-state index contributed by atoms with van der Waals surface area (Å²) >= 11 is 0. The van der Waals surface area contributed by atoms with Crippen molar-refractivity contribution in [2.24, 2.45) is 0 Å². The molecule has 0 aromatic heterocycles. The van der Waals surface area contributed by atoms with E-state index in [1.165, 1.54) is 0 Å². The van der Waals surface area contributed by atoms with E-state index in [2.05, 4.69) is 4.18 Å². The van der Waals surface area contributed by atoms with Crippen molar-refractivity contribution in [3.8, 4) is 0 Å². The predicted octanol–water partition coefficient (Wildman–Crippen LogP) is -3.55. The first-order valence-corrected chi connectivity index (χ1v) is 5.35. The van der Waals surface area contributed by atoms with Gasteiger partial charge in [0.15, 0.2) is 6.29 Å². The number of aliphatic hydroxyl groups excluding tert-OH is 4. The minimum atomic E-state index is -4.79. The van der Waals surface area contributed by atoms with Gasteiger partial charge < -0.3 is 25.2 Å². The van der Waals surface area contributed by atoms with Crippen LogP contribution in [-0.4, -0.2) is 70.7 Å². The Labute approximate surface area is 90.9 Å². The maximum Gasteiger partial charge on any atom is 0.397 e. The molecule has 0 radical (unpaired) electrons. The highest BCUT2D eigenvalue weighted by Crippen LogP contribution is 2.05. The fraction of sp³-hybridized carbons (Fsp3) is 0.833. The number of rotatable bonds is 7. The number of hydrogen-bond acceptors (Lipinski definition) is 8. The van der Waals surface area contributed by atoms with Crippen LogP contribution in [0.4, 0.5) is 0 Å². The molecule has 10 heteroatoms. The first-order chi connectivity index (χ1) is 7.19. The molecule has 0 spiro atoms. The van der Waals surface area contributed by atoms with Gasteiger partial charge in [-0.1, -0.05) is 0 Å². The highest BCUT2D eigenvalue weighted by atomic mass is 32.3. The average molecular weight is 260 g/mol. The molecule has 0 fully saturated rings. The molecule has 0 amide bonds.